The summed E-state index contributed by atoms with van der Waals surface area (Å²) in [6.45, 7) is 5.47. The first-order valence-corrected chi connectivity index (χ1v) is 9.10. The fraction of sp³-hybridized carbons (Fsp3) is 0.556. The molecule has 1 aromatic carbocycles. The van der Waals surface area contributed by atoms with Crippen LogP contribution in [0.15, 0.2) is 28.7 Å². The summed E-state index contributed by atoms with van der Waals surface area (Å²) >= 11 is 3.37. The Bertz CT molecular complexity index is 581. The molecule has 132 valence electrons. The highest BCUT2D eigenvalue weighted by atomic mass is 79.9. The molecule has 1 aliphatic carbocycles. The molecule has 0 saturated heterocycles. The van der Waals surface area contributed by atoms with E-state index in [1.807, 2.05) is 45.0 Å². The molecule has 0 bridgehead atoms. The van der Waals surface area contributed by atoms with Crippen molar-refractivity contribution in [1.29, 1.82) is 0 Å². The van der Waals surface area contributed by atoms with Gasteiger partial charge in [-0.05, 0) is 57.9 Å². The predicted molar refractivity (Wildman–Crippen MR) is 97.9 cm³/mol. The third-order valence-electron chi connectivity index (χ3n) is 3.92. The van der Waals surface area contributed by atoms with Gasteiger partial charge in [-0.3, -0.25) is 4.79 Å². The summed E-state index contributed by atoms with van der Waals surface area (Å²) in [5.74, 6) is -0.298. The Balaban J connectivity index is 1.98. The molecule has 0 aliphatic heterocycles. The third-order valence-corrected chi connectivity index (χ3v) is 4.45. The quantitative estimate of drug-likeness (QED) is 0.791. The van der Waals surface area contributed by atoms with Crippen molar-refractivity contribution in [3.63, 3.8) is 0 Å². The second-order valence-corrected chi connectivity index (χ2v) is 8.06. The molecule has 5 nitrogen and oxygen atoms in total. The van der Waals surface area contributed by atoms with Gasteiger partial charge in [0.05, 0.1) is 5.92 Å². The van der Waals surface area contributed by atoms with Crippen LogP contribution in [0.2, 0.25) is 0 Å². The number of amides is 2. The topological polar surface area (TPSA) is 67.4 Å². The Kier molecular flexibility index (Phi) is 6.27. The van der Waals surface area contributed by atoms with Crippen LogP contribution < -0.4 is 10.6 Å². The maximum Gasteiger partial charge on any atom is 0.407 e. The number of anilines is 1. The molecule has 0 aromatic heterocycles. The number of carbonyl (C=O) groups excluding carboxylic acids is 2. The van der Waals surface area contributed by atoms with Gasteiger partial charge in [0, 0.05) is 16.2 Å². The maximum absolute atomic E-state index is 12.6. The summed E-state index contributed by atoms with van der Waals surface area (Å²) in [4.78, 5) is 24.6. The Morgan fingerprint density at radius 2 is 1.75 bits per heavy atom. The lowest BCUT2D eigenvalue weighted by molar-refractivity contribution is -0.121. The van der Waals surface area contributed by atoms with E-state index in [-0.39, 0.29) is 17.9 Å². The molecule has 1 aromatic rings. The predicted octanol–water partition coefficient (Wildman–Crippen LogP) is 4.47. The molecule has 0 spiro atoms. The van der Waals surface area contributed by atoms with Gasteiger partial charge in [-0.25, -0.2) is 4.79 Å². The van der Waals surface area contributed by atoms with Crippen molar-refractivity contribution in [3.8, 4) is 0 Å². The SMILES string of the molecule is CC(C)(C)OC(=O)NC1CCCCC1C(=O)Nc1ccc(Br)cc1. The highest BCUT2D eigenvalue weighted by Gasteiger charge is 2.33. The largest absolute Gasteiger partial charge is 0.444 e. The second kappa shape index (κ2) is 8.01. The highest BCUT2D eigenvalue weighted by Crippen LogP contribution is 2.26. The fourth-order valence-corrected chi connectivity index (χ4v) is 3.11. The van der Waals surface area contributed by atoms with Gasteiger partial charge < -0.3 is 15.4 Å². The van der Waals surface area contributed by atoms with Crippen molar-refractivity contribution in [2.45, 2.75) is 58.1 Å². The van der Waals surface area contributed by atoms with E-state index in [0.717, 1.165) is 35.8 Å². The Hall–Kier alpha value is -1.56. The molecule has 0 radical (unpaired) electrons. The van der Waals surface area contributed by atoms with E-state index in [4.69, 9.17) is 4.74 Å². The summed E-state index contributed by atoms with van der Waals surface area (Å²) in [6, 6.07) is 7.27. The summed E-state index contributed by atoms with van der Waals surface area (Å²) < 4.78 is 6.27. The van der Waals surface area contributed by atoms with Crippen molar-refractivity contribution in [2.75, 3.05) is 5.32 Å². The third kappa shape index (κ3) is 5.82. The zero-order chi connectivity index (χ0) is 17.7. The molecule has 6 heteroatoms. The first kappa shape index (κ1) is 18.8. The molecule has 24 heavy (non-hydrogen) atoms. The van der Waals surface area contributed by atoms with Gasteiger partial charge in [-0.2, -0.15) is 0 Å². The summed E-state index contributed by atoms with van der Waals surface area (Å²) in [5, 5.41) is 5.81. The van der Waals surface area contributed by atoms with Crippen LogP contribution in [0.1, 0.15) is 46.5 Å². The minimum absolute atomic E-state index is 0.0573. The lowest BCUT2D eigenvalue weighted by Crippen LogP contribution is -2.48. The monoisotopic (exact) mass is 396 g/mol. The van der Waals surface area contributed by atoms with Crippen LogP contribution in [-0.2, 0) is 9.53 Å². The minimum Gasteiger partial charge on any atom is -0.444 e. The first-order chi connectivity index (χ1) is 11.2. The van der Waals surface area contributed by atoms with Gasteiger partial charge >= 0.3 is 6.09 Å². The molecule has 2 N–H and O–H groups in total. The van der Waals surface area contributed by atoms with Gasteiger partial charge in [0.1, 0.15) is 5.60 Å². The fourth-order valence-electron chi connectivity index (χ4n) is 2.84. The number of nitrogens with one attached hydrogen (secondary N) is 2. The van der Waals surface area contributed by atoms with E-state index >= 15 is 0 Å². The molecule has 2 unspecified atom stereocenters. The smallest absolute Gasteiger partial charge is 0.407 e. The van der Waals surface area contributed by atoms with Gasteiger partial charge in [0.2, 0.25) is 5.91 Å². The average Bonchev–Trinajstić information content (AvgIpc) is 2.48. The molecule has 1 aliphatic rings. The summed E-state index contributed by atoms with van der Waals surface area (Å²) in [5.41, 5.74) is 0.207. The van der Waals surface area contributed by atoms with Crippen molar-refractivity contribution in [1.82, 2.24) is 5.32 Å². The van der Waals surface area contributed by atoms with Gasteiger partial charge in [-0.15, -0.1) is 0 Å². The zero-order valence-corrected chi connectivity index (χ0v) is 16.0. The highest BCUT2D eigenvalue weighted by molar-refractivity contribution is 9.10. The summed E-state index contributed by atoms with van der Waals surface area (Å²) in [6.07, 6.45) is 3.09. The van der Waals surface area contributed by atoms with Crippen molar-refractivity contribution in [2.24, 2.45) is 5.92 Å². The Morgan fingerprint density at radius 3 is 2.38 bits per heavy atom. The van der Waals surface area contributed by atoms with Crippen LogP contribution in [0, 0.1) is 5.92 Å². The zero-order valence-electron chi connectivity index (χ0n) is 14.4. The molecule has 2 rings (SSSR count). The van der Waals surface area contributed by atoms with Crippen LogP contribution in [0.4, 0.5) is 10.5 Å². The number of benzene rings is 1. The summed E-state index contributed by atoms with van der Waals surface area (Å²) in [7, 11) is 0. The molecule has 1 fully saturated rings. The van der Waals surface area contributed by atoms with E-state index in [1.54, 1.807) is 0 Å². The number of halogens is 1. The van der Waals surface area contributed by atoms with E-state index in [9.17, 15) is 9.59 Å². The molecule has 2 atom stereocenters. The first-order valence-electron chi connectivity index (χ1n) is 8.30. The molecular formula is C18H25BrN2O3. The van der Waals surface area contributed by atoms with Crippen molar-refractivity contribution in [3.05, 3.63) is 28.7 Å². The number of hydrogen-bond donors (Lipinski definition) is 2. The number of ether oxygens (including phenoxy) is 1. The molecule has 1 saturated carbocycles. The maximum atomic E-state index is 12.6. The van der Waals surface area contributed by atoms with E-state index in [0.29, 0.717) is 0 Å². The number of carbonyl (C=O) groups is 2. The molecule has 2 amide bonds. The molecular weight excluding hydrogens is 372 g/mol. The standard InChI is InChI=1S/C18H25BrN2O3/c1-18(2,3)24-17(23)21-15-7-5-4-6-14(15)16(22)20-13-10-8-12(19)9-11-13/h8-11,14-15H,4-7H2,1-3H3,(H,20,22)(H,21,23). The lowest BCUT2D eigenvalue weighted by Gasteiger charge is -2.32. The van der Waals surface area contributed by atoms with Crippen LogP contribution in [0.25, 0.3) is 0 Å². The normalized spacial score (nSPS) is 21.0. The van der Waals surface area contributed by atoms with Crippen molar-refractivity contribution < 1.29 is 14.3 Å². The van der Waals surface area contributed by atoms with Crippen molar-refractivity contribution >= 4 is 33.6 Å². The molecule has 0 heterocycles. The van der Waals surface area contributed by atoms with Gasteiger partial charge in [0.15, 0.2) is 0 Å². The number of hydrogen-bond acceptors (Lipinski definition) is 3. The second-order valence-electron chi connectivity index (χ2n) is 7.14. The number of alkyl carbamates (subject to hydrolysis) is 1. The van der Waals surface area contributed by atoms with Gasteiger partial charge in [-0.1, -0.05) is 28.8 Å². The van der Waals surface area contributed by atoms with Gasteiger partial charge in [0.25, 0.3) is 0 Å². The number of rotatable bonds is 3. The lowest BCUT2D eigenvalue weighted by atomic mass is 9.84. The Labute approximate surface area is 151 Å². The minimum atomic E-state index is -0.548. The van der Waals surface area contributed by atoms with Crippen LogP contribution >= 0.6 is 15.9 Å². The van der Waals surface area contributed by atoms with E-state index in [2.05, 4.69) is 26.6 Å². The van der Waals surface area contributed by atoms with E-state index in [1.165, 1.54) is 0 Å². The Morgan fingerprint density at radius 1 is 1.12 bits per heavy atom. The van der Waals surface area contributed by atoms with Crippen LogP contribution in [0.5, 0.6) is 0 Å². The van der Waals surface area contributed by atoms with E-state index < -0.39 is 11.7 Å². The van der Waals surface area contributed by atoms with Crippen LogP contribution in [-0.4, -0.2) is 23.6 Å². The average molecular weight is 397 g/mol. The van der Waals surface area contributed by atoms with Crippen LogP contribution in [0.3, 0.4) is 0 Å².